The molecule has 2 saturated heterocycles. The Morgan fingerprint density at radius 3 is 2.72 bits per heavy atom. The van der Waals surface area contributed by atoms with Crippen molar-refractivity contribution in [2.45, 2.75) is 25.2 Å². The Morgan fingerprint density at radius 1 is 1.00 bits per heavy atom. The Bertz CT molecular complexity index is 1060. The first-order valence-corrected chi connectivity index (χ1v) is 11.0. The molecule has 0 radical (unpaired) electrons. The molecular formula is C26H27N3O3. The average Bonchev–Trinajstić information content (AvgIpc) is 3.23. The second-order valence-corrected chi connectivity index (χ2v) is 8.50. The molecule has 0 bridgehead atoms. The van der Waals surface area contributed by atoms with Gasteiger partial charge >= 0.3 is 0 Å². The summed E-state index contributed by atoms with van der Waals surface area (Å²) in [5.74, 6) is 0.870. The molecule has 6 heteroatoms. The van der Waals surface area contributed by atoms with Crippen molar-refractivity contribution in [3.05, 3.63) is 90.3 Å². The largest absolute Gasteiger partial charge is 0.487 e. The molecule has 3 aromatic rings. The summed E-state index contributed by atoms with van der Waals surface area (Å²) < 4.78 is 12.0. The molecule has 5 rings (SSSR count). The van der Waals surface area contributed by atoms with Crippen LogP contribution in [-0.2, 0) is 22.7 Å². The van der Waals surface area contributed by atoms with E-state index in [9.17, 15) is 4.79 Å². The minimum atomic E-state index is -0.309. The SMILES string of the molecule is O=C1COC2(CCN(Cc3cccc(OCc4ccccn4)c3)C2)CN1c1ccccc1. The van der Waals surface area contributed by atoms with Crippen LogP contribution in [0.4, 0.5) is 5.69 Å². The highest BCUT2D eigenvalue weighted by atomic mass is 16.5. The van der Waals surface area contributed by atoms with Crippen LogP contribution in [0.25, 0.3) is 0 Å². The number of pyridine rings is 1. The number of likely N-dealkylation sites (tertiary alicyclic amines) is 1. The Kier molecular flexibility index (Phi) is 5.88. The highest BCUT2D eigenvalue weighted by Crippen LogP contribution is 2.33. The standard InChI is InChI=1S/C26H27N3O3/c30-25-18-32-26(20-29(25)23-9-2-1-3-10-23)12-14-28(19-26)16-21-7-6-11-24(15-21)31-17-22-8-4-5-13-27-22/h1-11,13,15H,12,14,16-20H2. The topological polar surface area (TPSA) is 54.9 Å². The van der Waals surface area contributed by atoms with Gasteiger partial charge in [0.15, 0.2) is 0 Å². The summed E-state index contributed by atoms with van der Waals surface area (Å²) in [4.78, 5) is 21.1. The summed E-state index contributed by atoms with van der Waals surface area (Å²) in [6, 6.07) is 23.9. The van der Waals surface area contributed by atoms with Gasteiger partial charge in [-0.2, -0.15) is 0 Å². The minimum absolute atomic E-state index is 0.0260. The number of nitrogens with zero attached hydrogens (tertiary/aromatic N) is 3. The van der Waals surface area contributed by atoms with E-state index in [1.54, 1.807) is 6.20 Å². The van der Waals surface area contributed by atoms with Crippen molar-refractivity contribution >= 4 is 11.6 Å². The molecule has 3 heterocycles. The van der Waals surface area contributed by atoms with Gasteiger partial charge in [-0.15, -0.1) is 0 Å². The van der Waals surface area contributed by atoms with E-state index in [4.69, 9.17) is 9.47 Å². The number of carbonyl (C=O) groups excluding carboxylic acids is 1. The maximum Gasteiger partial charge on any atom is 0.253 e. The summed E-state index contributed by atoms with van der Waals surface area (Å²) in [6.45, 7) is 3.76. The Morgan fingerprint density at radius 2 is 1.88 bits per heavy atom. The molecule has 1 spiro atoms. The zero-order chi connectivity index (χ0) is 21.8. The predicted molar refractivity (Wildman–Crippen MR) is 122 cm³/mol. The highest BCUT2D eigenvalue weighted by molar-refractivity contribution is 5.95. The fourth-order valence-electron chi connectivity index (χ4n) is 4.50. The second kappa shape index (κ2) is 9.10. The quantitative estimate of drug-likeness (QED) is 0.599. The van der Waals surface area contributed by atoms with Crippen LogP contribution >= 0.6 is 0 Å². The van der Waals surface area contributed by atoms with E-state index in [1.165, 1.54) is 5.56 Å². The van der Waals surface area contributed by atoms with Crippen LogP contribution in [0.15, 0.2) is 79.0 Å². The third-order valence-electron chi connectivity index (χ3n) is 6.13. The fourth-order valence-corrected chi connectivity index (χ4v) is 4.50. The van der Waals surface area contributed by atoms with Crippen molar-refractivity contribution in [3.8, 4) is 5.75 Å². The Hall–Kier alpha value is -3.22. The number of amides is 1. The fraction of sp³-hybridized carbons (Fsp3) is 0.308. The number of hydrogen-bond donors (Lipinski definition) is 0. The van der Waals surface area contributed by atoms with Gasteiger partial charge in [0.1, 0.15) is 24.6 Å². The van der Waals surface area contributed by atoms with Crippen LogP contribution in [-0.4, -0.2) is 47.6 Å². The van der Waals surface area contributed by atoms with E-state index in [0.717, 1.165) is 43.2 Å². The van der Waals surface area contributed by atoms with E-state index in [2.05, 4.69) is 22.0 Å². The molecule has 2 fully saturated rings. The van der Waals surface area contributed by atoms with Crippen LogP contribution in [0.1, 0.15) is 17.7 Å². The zero-order valence-corrected chi connectivity index (χ0v) is 18.0. The van der Waals surface area contributed by atoms with E-state index in [0.29, 0.717) is 13.2 Å². The van der Waals surface area contributed by atoms with Crippen LogP contribution in [0.2, 0.25) is 0 Å². The number of morpholine rings is 1. The Balaban J connectivity index is 1.21. The normalized spacial score (nSPS) is 21.2. The van der Waals surface area contributed by atoms with Crippen molar-refractivity contribution < 1.29 is 14.3 Å². The summed E-state index contributed by atoms with van der Waals surface area (Å²) in [6.07, 6.45) is 2.69. The van der Waals surface area contributed by atoms with Crippen LogP contribution in [0.5, 0.6) is 5.75 Å². The monoisotopic (exact) mass is 429 g/mol. The van der Waals surface area contributed by atoms with E-state index >= 15 is 0 Å². The van der Waals surface area contributed by atoms with Gasteiger partial charge in [0.2, 0.25) is 0 Å². The number of ether oxygens (including phenoxy) is 2. The molecule has 2 aliphatic heterocycles. The number of carbonyl (C=O) groups is 1. The van der Waals surface area contributed by atoms with Crippen molar-refractivity contribution in [2.24, 2.45) is 0 Å². The number of aromatic nitrogens is 1. The van der Waals surface area contributed by atoms with Crippen LogP contribution < -0.4 is 9.64 Å². The first kappa shape index (κ1) is 20.7. The molecule has 0 aliphatic carbocycles. The molecule has 1 unspecified atom stereocenters. The van der Waals surface area contributed by atoms with Crippen molar-refractivity contribution in [1.82, 2.24) is 9.88 Å². The van der Waals surface area contributed by atoms with E-state index < -0.39 is 0 Å². The number of rotatable bonds is 6. The van der Waals surface area contributed by atoms with E-state index in [1.807, 2.05) is 65.6 Å². The van der Waals surface area contributed by atoms with Crippen molar-refractivity contribution in [3.63, 3.8) is 0 Å². The molecule has 1 atom stereocenters. The molecule has 32 heavy (non-hydrogen) atoms. The Labute approximate surface area is 188 Å². The highest BCUT2D eigenvalue weighted by Gasteiger charge is 2.45. The number of para-hydroxylation sites is 1. The minimum Gasteiger partial charge on any atom is -0.487 e. The summed E-state index contributed by atoms with van der Waals surface area (Å²) in [5.41, 5.74) is 2.74. The lowest BCUT2D eigenvalue weighted by Crippen LogP contribution is -2.56. The summed E-state index contributed by atoms with van der Waals surface area (Å²) in [7, 11) is 0. The van der Waals surface area contributed by atoms with Gasteiger partial charge < -0.3 is 14.4 Å². The van der Waals surface area contributed by atoms with Crippen molar-refractivity contribution in [2.75, 3.05) is 31.1 Å². The molecule has 6 nitrogen and oxygen atoms in total. The molecule has 164 valence electrons. The summed E-state index contributed by atoms with van der Waals surface area (Å²) in [5, 5.41) is 0. The zero-order valence-electron chi connectivity index (χ0n) is 18.0. The lowest BCUT2D eigenvalue weighted by molar-refractivity contribution is -0.137. The van der Waals surface area contributed by atoms with Gasteiger partial charge in [0.05, 0.1) is 12.2 Å². The molecule has 1 amide bonds. The van der Waals surface area contributed by atoms with Gasteiger partial charge in [-0.05, 0) is 48.4 Å². The number of anilines is 1. The molecule has 2 aliphatic rings. The second-order valence-electron chi connectivity index (χ2n) is 8.50. The van der Waals surface area contributed by atoms with Gasteiger partial charge in [-0.3, -0.25) is 14.7 Å². The smallest absolute Gasteiger partial charge is 0.253 e. The summed E-state index contributed by atoms with van der Waals surface area (Å²) >= 11 is 0. The number of hydrogen-bond acceptors (Lipinski definition) is 5. The molecule has 1 aromatic heterocycles. The van der Waals surface area contributed by atoms with Crippen LogP contribution in [0, 0.1) is 0 Å². The lowest BCUT2D eigenvalue weighted by atomic mass is 10.00. The maximum atomic E-state index is 12.5. The first-order chi connectivity index (χ1) is 15.7. The third kappa shape index (κ3) is 4.66. The molecule has 0 saturated carbocycles. The van der Waals surface area contributed by atoms with Gasteiger partial charge in [0, 0.05) is 31.5 Å². The maximum absolute atomic E-state index is 12.5. The number of benzene rings is 2. The van der Waals surface area contributed by atoms with Gasteiger partial charge in [0.25, 0.3) is 5.91 Å². The predicted octanol–water partition coefficient (Wildman–Crippen LogP) is 3.67. The average molecular weight is 430 g/mol. The van der Waals surface area contributed by atoms with Gasteiger partial charge in [-0.25, -0.2) is 0 Å². The molecular weight excluding hydrogens is 402 g/mol. The van der Waals surface area contributed by atoms with Crippen molar-refractivity contribution in [1.29, 1.82) is 0 Å². The third-order valence-corrected chi connectivity index (χ3v) is 6.13. The molecule has 2 aromatic carbocycles. The van der Waals surface area contributed by atoms with E-state index in [-0.39, 0.29) is 18.1 Å². The van der Waals surface area contributed by atoms with Crippen LogP contribution in [0.3, 0.4) is 0 Å². The lowest BCUT2D eigenvalue weighted by Gasteiger charge is -2.40. The van der Waals surface area contributed by atoms with Gasteiger partial charge in [-0.1, -0.05) is 36.4 Å². The molecule has 0 N–H and O–H groups in total. The first-order valence-electron chi connectivity index (χ1n) is 11.0.